The number of hydrogen-bond acceptors (Lipinski definition) is 4. The molecule has 0 bridgehead atoms. The summed E-state index contributed by atoms with van der Waals surface area (Å²) in [5, 5.41) is 5.02. The van der Waals surface area contributed by atoms with E-state index >= 15 is 0 Å². The van der Waals surface area contributed by atoms with E-state index in [4.69, 9.17) is 4.42 Å². The molecule has 0 fully saturated rings. The maximum absolute atomic E-state index is 6.43. The monoisotopic (exact) mass is 777 g/mol. The fourth-order valence-corrected chi connectivity index (χ4v) is 11.9. The van der Waals surface area contributed by atoms with Crippen LogP contribution in [0.25, 0.3) is 69.9 Å². The molecule has 0 spiro atoms. The Kier molecular flexibility index (Phi) is 7.82. The van der Waals surface area contributed by atoms with Gasteiger partial charge < -0.3 is 9.32 Å². The first kappa shape index (κ1) is 33.5. The highest BCUT2D eigenvalue weighted by atomic mass is 32.2. The lowest BCUT2D eigenvalue weighted by molar-refractivity contribution is 0.669. The molecule has 1 aliphatic carbocycles. The second kappa shape index (κ2) is 13.5. The molecule has 3 heterocycles. The molecule has 2 aliphatic rings. The average molecular weight is 778 g/mol. The summed E-state index contributed by atoms with van der Waals surface area (Å²) in [6.45, 7) is 0. The number of nitrogens with zero attached hydrogens (tertiary/aromatic N) is 1. The summed E-state index contributed by atoms with van der Waals surface area (Å²) in [5.41, 5.74) is 14.1. The van der Waals surface area contributed by atoms with Gasteiger partial charge in [0.2, 0.25) is 0 Å². The molecule has 10 aromatic rings. The summed E-state index contributed by atoms with van der Waals surface area (Å²) >= 11 is 3.88. The molecule has 0 saturated heterocycles. The van der Waals surface area contributed by atoms with Crippen LogP contribution in [-0.2, 0) is 0 Å². The van der Waals surface area contributed by atoms with Gasteiger partial charge in [0, 0.05) is 64.0 Å². The number of thioether (sulfide) groups is 1. The van der Waals surface area contributed by atoms with Gasteiger partial charge in [0.25, 0.3) is 0 Å². The first-order valence-corrected chi connectivity index (χ1v) is 21.5. The lowest BCUT2D eigenvalue weighted by atomic mass is 9.82. The molecule has 8 aromatic carbocycles. The highest BCUT2D eigenvalue weighted by Crippen LogP contribution is 2.57. The molecule has 0 radical (unpaired) electrons. The molecule has 0 saturated carbocycles. The number of para-hydroxylation sites is 1. The highest BCUT2D eigenvalue weighted by molar-refractivity contribution is 8.00. The van der Waals surface area contributed by atoms with Crippen LogP contribution in [0.2, 0.25) is 0 Å². The SMILES string of the molecule is C1=CC2Sc3ccccc3C2C(N(c2ccc3oc4ccccc4c3c2)c2ccc(-c3ccccc3)c3sc4cc(-c5ccccc5)ccc4c23)=C1c1ccccc1. The molecular weight excluding hydrogens is 743 g/mol. The number of hydrogen-bond donors (Lipinski definition) is 0. The van der Waals surface area contributed by atoms with Crippen LogP contribution in [0.1, 0.15) is 17.0 Å². The van der Waals surface area contributed by atoms with Crippen molar-refractivity contribution in [3.05, 3.63) is 217 Å². The minimum Gasteiger partial charge on any atom is -0.456 e. The van der Waals surface area contributed by atoms with E-state index < -0.39 is 0 Å². The molecule has 0 N–H and O–H groups in total. The molecular formula is C54H35NOS2. The first-order valence-electron chi connectivity index (χ1n) is 19.8. The van der Waals surface area contributed by atoms with E-state index in [1.54, 1.807) is 0 Å². The normalized spacial score (nSPS) is 16.1. The van der Waals surface area contributed by atoms with E-state index in [0.29, 0.717) is 0 Å². The number of benzene rings is 8. The Bertz CT molecular complexity index is 3270. The summed E-state index contributed by atoms with van der Waals surface area (Å²) in [7, 11) is 0. The molecule has 2 unspecified atom stereocenters. The predicted octanol–water partition coefficient (Wildman–Crippen LogP) is 15.7. The lowest BCUT2D eigenvalue weighted by Gasteiger charge is -2.37. The van der Waals surface area contributed by atoms with E-state index in [9.17, 15) is 0 Å². The van der Waals surface area contributed by atoms with Crippen LogP contribution in [-0.4, -0.2) is 5.25 Å². The van der Waals surface area contributed by atoms with Crippen molar-refractivity contribution in [1.29, 1.82) is 0 Å². The van der Waals surface area contributed by atoms with Crippen molar-refractivity contribution in [2.75, 3.05) is 4.90 Å². The van der Waals surface area contributed by atoms with E-state index in [1.807, 2.05) is 23.1 Å². The first-order chi connectivity index (χ1) is 28.8. The van der Waals surface area contributed by atoms with E-state index in [2.05, 4.69) is 205 Å². The van der Waals surface area contributed by atoms with Gasteiger partial charge in [0.1, 0.15) is 11.2 Å². The van der Waals surface area contributed by atoms with Gasteiger partial charge in [-0.05, 0) is 75.8 Å². The van der Waals surface area contributed by atoms with Crippen molar-refractivity contribution in [1.82, 2.24) is 0 Å². The third kappa shape index (κ3) is 5.33. The standard InChI is InChI=1S/C54H35NOS2/c1-4-14-34(15-5-1)37-24-26-43-50(32-37)58-54-40(36-18-8-3-9-19-36)27-29-45(51(43)54)55(38-25-30-47-44(33-38)41-20-10-12-22-46(41)56-47)53-39(35-16-6-2-7-17-35)28-31-49-52(53)42-21-11-13-23-48(42)57-49/h1-33,49,52H. The number of furan rings is 1. The largest absolute Gasteiger partial charge is 0.456 e. The fraction of sp³-hybridized carbons (Fsp3) is 0.0370. The van der Waals surface area contributed by atoms with Crippen LogP contribution in [0.5, 0.6) is 0 Å². The summed E-state index contributed by atoms with van der Waals surface area (Å²) in [5.74, 6) is 0.122. The zero-order chi connectivity index (χ0) is 38.2. The van der Waals surface area contributed by atoms with Crippen LogP contribution >= 0.6 is 23.1 Å². The third-order valence-electron chi connectivity index (χ3n) is 11.8. The highest BCUT2D eigenvalue weighted by Gasteiger charge is 2.41. The van der Waals surface area contributed by atoms with Crippen LogP contribution < -0.4 is 4.90 Å². The van der Waals surface area contributed by atoms with Gasteiger partial charge in [-0.25, -0.2) is 0 Å². The smallest absolute Gasteiger partial charge is 0.135 e. The van der Waals surface area contributed by atoms with E-state index in [1.165, 1.54) is 75.4 Å². The Morgan fingerprint density at radius 3 is 2.05 bits per heavy atom. The topological polar surface area (TPSA) is 16.4 Å². The van der Waals surface area contributed by atoms with Gasteiger partial charge in [-0.15, -0.1) is 23.1 Å². The van der Waals surface area contributed by atoms with Crippen molar-refractivity contribution in [3.8, 4) is 22.3 Å². The average Bonchev–Trinajstić information content (AvgIpc) is 3.99. The number of thiophene rings is 1. The third-order valence-corrected chi connectivity index (χ3v) is 14.4. The van der Waals surface area contributed by atoms with Crippen LogP contribution in [0.3, 0.4) is 0 Å². The molecule has 12 rings (SSSR count). The second-order valence-corrected chi connectivity index (χ2v) is 17.4. The lowest BCUT2D eigenvalue weighted by Crippen LogP contribution is -2.28. The van der Waals surface area contributed by atoms with Crippen LogP contribution in [0, 0.1) is 0 Å². The maximum Gasteiger partial charge on any atom is 0.135 e. The molecule has 0 amide bonds. The summed E-state index contributed by atoms with van der Waals surface area (Å²) in [6, 6.07) is 68.6. The van der Waals surface area contributed by atoms with Crippen molar-refractivity contribution in [2.45, 2.75) is 16.1 Å². The summed E-state index contributed by atoms with van der Waals surface area (Å²) < 4.78 is 8.99. The van der Waals surface area contributed by atoms with Crippen molar-refractivity contribution >= 4 is 82.2 Å². The van der Waals surface area contributed by atoms with Crippen LogP contribution in [0.15, 0.2) is 215 Å². The number of anilines is 2. The molecule has 2 nitrogen and oxygen atoms in total. The molecule has 2 aromatic heterocycles. The quantitative estimate of drug-likeness (QED) is 0.167. The van der Waals surface area contributed by atoms with Gasteiger partial charge >= 0.3 is 0 Å². The van der Waals surface area contributed by atoms with E-state index in [-0.39, 0.29) is 11.2 Å². The zero-order valence-electron chi connectivity index (χ0n) is 31.4. The molecule has 1 aliphatic heterocycles. The van der Waals surface area contributed by atoms with Crippen molar-refractivity contribution in [3.63, 3.8) is 0 Å². The van der Waals surface area contributed by atoms with Crippen molar-refractivity contribution in [2.24, 2.45) is 0 Å². The zero-order valence-corrected chi connectivity index (χ0v) is 33.0. The van der Waals surface area contributed by atoms with Gasteiger partial charge in [-0.2, -0.15) is 0 Å². The molecule has 274 valence electrons. The summed E-state index contributed by atoms with van der Waals surface area (Å²) in [6.07, 6.45) is 4.82. The summed E-state index contributed by atoms with van der Waals surface area (Å²) in [4.78, 5) is 3.96. The van der Waals surface area contributed by atoms with Crippen LogP contribution in [0.4, 0.5) is 11.4 Å². The predicted molar refractivity (Wildman–Crippen MR) is 247 cm³/mol. The molecule has 2 atom stereocenters. The number of fused-ring (bicyclic) bond motifs is 9. The van der Waals surface area contributed by atoms with Gasteiger partial charge in [-0.3, -0.25) is 0 Å². The van der Waals surface area contributed by atoms with E-state index in [0.717, 1.165) is 27.6 Å². The van der Waals surface area contributed by atoms with Gasteiger partial charge in [-0.1, -0.05) is 158 Å². The second-order valence-electron chi connectivity index (χ2n) is 15.1. The fourth-order valence-electron chi connectivity index (χ4n) is 9.22. The molecule has 58 heavy (non-hydrogen) atoms. The number of rotatable bonds is 6. The Hall–Kier alpha value is -6.59. The number of allylic oxidation sites excluding steroid dienone is 3. The minimum atomic E-state index is 0.122. The Balaban J connectivity index is 1.21. The van der Waals surface area contributed by atoms with Crippen molar-refractivity contribution < 1.29 is 4.42 Å². The van der Waals surface area contributed by atoms with Gasteiger partial charge in [0.15, 0.2) is 0 Å². The molecule has 4 heteroatoms. The minimum absolute atomic E-state index is 0.122. The maximum atomic E-state index is 6.43. The Morgan fingerprint density at radius 2 is 1.22 bits per heavy atom. The van der Waals surface area contributed by atoms with Gasteiger partial charge in [0.05, 0.1) is 5.69 Å². The Labute approximate surface area is 345 Å². The Morgan fingerprint density at radius 1 is 0.517 bits per heavy atom.